The predicted octanol–water partition coefficient (Wildman–Crippen LogP) is 12.8. The third-order valence-corrected chi connectivity index (χ3v) is 9.91. The molecule has 5 nitrogen and oxygen atoms in total. The maximum Gasteiger partial charge on any atom is 0.161 e. The Bertz CT molecular complexity index is 2920. The molecule has 0 saturated heterocycles. The van der Waals surface area contributed by atoms with Gasteiger partial charge in [-0.25, -0.2) is 9.98 Å². The highest BCUT2D eigenvalue weighted by molar-refractivity contribution is 6.23. The molecule has 9 rings (SSSR count). The lowest BCUT2D eigenvalue weighted by atomic mass is 9.97. The molecule has 8 aromatic carbocycles. The lowest BCUT2D eigenvalue weighted by Gasteiger charge is -2.13. The molecule has 0 aliphatic heterocycles. The van der Waals surface area contributed by atoms with Crippen LogP contribution in [0.4, 0.5) is 0 Å². The Morgan fingerprint density at radius 3 is 2.09 bits per heavy atom. The molecule has 1 heterocycles. The quantitative estimate of drug-likeness (QED) is 0.123. The van der Waals surface area contributed by atoms with Crippen LogP contribution in [0.1, 0.15) is 22.3 Å². The molecule has 0 unspecified atom stereocenters. The van der Waals surface area contributed by atoms with E-state index in [9.17, 15) is 0 Å². The van der Waals surface area contributed by atoms with E-state index >= 15 is 0 Å². The van der Waals surface area contributed by atoms with Gasteiger partial charge in [0.15, 0.2) is 11.7 Å². The average molecular weight is 698 g/mol. The molecule has 0 spiro atoms. The normalized spacial score (nSPS) is 12.2. The number of benzene rings is 8. The summed E-state index contributed by atoms with van der Waals surface area (Å²) in [6, 6.07) is 57.7. The highest BCUT2D eigenvalue weighted by atomic mass is 16.5. The highest BCUT2D eigenvalue weighted by Gasteiger charge is 2.19. The van der Waals surface area contributed by atoms with Crippen LogP contribution in [0, 0.1) is 6.92 Å². The Hall–Kier alpha value is -7.11. The standard InChI is InChI=1S/C49H35N3O2/c1-32-40(19-11-23-44(32)53-39-28-27-35-14-7-9-18-38(35)30-39)41-20-10-21-42-46-43(22-12-24-45(46)54-47(41)42)49(50-2)52-48(36-15-4-3-5-16-36)51-31-33-25-26-34-13-6-8-17-37(34)29-33/h3-30H,2,31H2,1H3/b51-48-,52-49-. The monoisotopic (exact) mass is 697 g/mol. The van der Waals surface area contributed by atoms with Crippen LogP contribution in [0.15, 0.2) is 189 Å². The smallest absolute Gasteiger partial charge is 0.161 e. The molecule has 1 aromatic heterocycles. The van der Waals surface area contributed by atoms with Crippen LogP contribution in [0.5, 0.6) is 11.5 Å². The maximum atomic E-state index is 6.68. The number of hydrogen-bond acceptors (Lipinski definition) is 3. The Kier molecular flexibility index (Phi) is 8.58. The van der Waals surface area contributed by atoms with Crippen molar-refractivity contribution < 1.29 is 9.15 Å². The van der Waals surface area contributed by atoms with E-state index in [0.717, 1.165) is 72.2 Å². The molecule has 0 saturated carbocycles. The van der Waals surface area contributed by atoms with Crippen molar-refractivity contribution in [2.24, 2.45) is 15.0 Å². The summed E-state index contributed by atoms with van der Waals surface area (Å²) in [6.45, 7) is 6.52. The van der Waals surface area contributed by atoms with E-state index in [2.05, 4.69) is 110 Å². The topological polar surface area (TPSA) is 59.5 Å². The second-order valence-corrected chi connectivity index (χ2v) is 13.3. The van der Waals surface area contributed by atoms with Gasteiger partial charge < -0.3 is 9.15 Å². The first-order chi connectivity index (χ1) is 26.6. The summed E-state index contributed by atoms with van der Waals surface area (Å²) in [4.78, 5) is 14.6. The third-order valence-electron chi connectivity index (χ3n) is 9.91. The van der Waals surface area contributed by atoms with Crippen LogP contribution >= 0.6 is 0 Å². The molecule has 5 heteroatoms. The van der Waals surface area contributed by atoms with Crippen LogP contribution in [0.3, 0.4) is 0 Å². The van der Waals surface area contributed by atoms with Crippen molar-refractivity contribution in [1.82, 2.24) is 0 Å². The molecule has 9 aromatic rings. The Morgan fingerprint density at radius 2 is 1.30 bits per heavy atom. The third kappa shape index (κ3) is 6.22. The summed E-state index contributed by atoms with van der Waals surface area (Å²) in [6.07, 6.45) is 0. The summed E-state index contributed by atoms with van der Waals surface area (Å²) in [5.41, 5.74) is 7.35. The van der Waals surface area contributed by atoms with Gasteiger partial charge in [0.25, 0.3) is 0 Å². The summed E-state index contributed by atoms with van der Waals surface area (Å²) < 4.78 is 13.2. The fourth-order valence-electron chi connectivity index (χ4n) is 7.18. The summed E-state index contributed by atoms with van der Waals surface area (Å²) in [7, 11) is 0. The van der Waals surface area contributed by atoms with Crippen molar-refractivity contribution in [2.75, 3.05) is 0 Å². The minimum atomic E-state index is 0.466. The first-order valence-electron chi connectivity index (χ1n) is 18.0. The van der Waals surface area contributed by atoms with Crippen molar-refractivity contribution >= 4 is 61.9 Å². The minimum absolute atomic E-state index is 0.466. The van der Waals surface area contributed by atoms with Crippen LogP contribution in [0.25, 0.3) is 54.6 Å². The van der Waals surface area contributed by atoms with Crippen LogP contribution in [-0.2, 0) is 6.54 Å². The van der Waals surface area contributed by atoms with Gasteiger partial charge in [-0.3, -0.25) is 4.99 Å². The van der Waals surface area contributed by atoms with E-state index < -0.39 is 0 Å². The van der Waals surface area contributed by atoms with Gasteiger partial charge in [-0.05, 0) is 82.2 Å². The molecular formula is C49H35N3O2. The van der Waals surface area contributed by atoms with Crippen molar-refractivity contribution in [3.63, 3.8) is 0 Å². The summed E-state index contributed by atoms with van der Waals surface area (Å²) >= 11 is 0. The predicted molar refractivity (Wildman–Crippen MR) is 225 cm³/mol. The molecule has 0 bridgehead atoms. The zero-order valence-electron chi connectivity index (χ0n) is 29.7. The van der Waals surface area contributed by atoms with Gasteiger partial charge in [0.1, 0.15) is 22.7 Å². The molecule has 0 aliphatic rings. The number of aliphatic imine (C=N–C) groups is 3. The van der Waals surface area contributed by atoms with Crippen molar-refractivity contribution in [2.45, 2.75) is 13.5 Å². The number of hydrogen-bond donors (Lipinski definition) is 0. The molecular weight excluding hydrogens is 663 g/mol. The minimum Gasteiger partial charge on any atom is -0.457 e. The number of furan rings is 1. The van der Waals surface area contributed by atoms with E-state index in [1.807, 2.05) is 78.9 Å². The van der Waals surface area contributed by atoms with E-state index in [4.69, 9.17) is 19.1 Å². The molecule has 0 aliphatic carbocycles. The van der Waals surface area contributed by atoms with Crippen molar-refractivity contribution in [3.8, 4) is 22.6 Å². The van der Waals surface area contributed by atoms with Crippen LogP contribution in [-0.4, -0.2) is 18.4 Å². The highest BCUT2D eigenvalue weighted by Crippen LogP contribution is 2.41. The zero-order valence-corrected chi connectivity index (χ0v) is 29.7. The molecule has 0 N–H and O–H groups in total. The van der Waals surface area contributed by atoms with Gasteiger partial charge >= 0.3 is 0 Å². The average Bonchev–Trinajstić information content (AvgIpc) is 3.62. The number of ether oxygens (including phenoxy) is 1. The van der Waals surface area contributed by atoms with Gasteiger partial charge in [-0.15, -0.1) is 0 Å². The lowest BCUT2D eigenvalue weighted by molar-refractivity contribution is 0.480. The van der Waals surface area contributed by atoms with E-state index in [1.54, 1.807) is 0 Å². The molecule has 54 heavy (non-hydrogen) atoms. The second-order valence-electron chi connectivity index (χ2n) is 13.3. The molecule has 0 atom stereocenters. The van der Waals surface area contributed by atoms with Crippen LogP contribution in [0.2, 0.25) is 0 Å². The van der Waals surface area contributed by atoms with Gasteiger partial charge in [0, 0.05) is 27.5 Å². The molecule has 0 fully saturated rings. The molecule has 258 valence electrons. The van der Waals surface area contributed by atoms with Gasteiger partial charge in [-0.1, -0.05) is 140 Å². The number of rotatable bonds is 7. The Morgan fingerprint density at radius 1 is 0.611 bits per heavy atom. The molecule has 0 radical (unpaired) electrons. The second kappa shape index (κ2) is 14.1. The largest absolute Gasteiger partial charge is 0.457 e. The Labute approximate surface area is 313 Å². The number of nitrogens with zero attached hydrogens (tertiary/aromatic N) is 3. The van der Waals surface area contributed by atoms with Crippen molar-refractivity contribution in [1.29, 1.82) is 0 Å². The van der Waals surface area contributed by atoms with Crippen LogP contribution < -0.4 is 4.74 Å². The van der Waals surface area contributed by atoms with E-state index in [-0.39, 0.29) is 0 Å². The molecule has 0 amide bonds. The first kappa shape index (κ1) is 32.8. The number of para-hydroxylation sites is 1. The summed E-state index contributed by atoms with van der Waals surface area (Å²) in [5, 5.41) is 6.57. The van der Waals surface area contributed by atoms with Crippen molar-refractivity contribution in [3.05, 3.63) is 192 Å². The van der Waals surface area contributed by atoms with Gasteiger partial charge in [0.2, 0.25) is 0 Å². The summed E-state index contributed by atoms with van der Waals surface area (Å²) in [5.74, 6) is 2.63. The van der Waals surface area contributed by atoms with E-state index in [1.165, 1.54) is 16.2 Å². The first-order valence-corrected chi connectivity index (χ1v) is 18.0. The van der Waals surface area contributed by atoms with Gasteiger partial charge in [0.05, 0.1) is 6.54 Å². The fraction of sp³-hybridized carbons (Fsp3) is 0.0408. The zero-order chi connectivity index (χ0) is 36.4. The lowest BCUT2D eigenvalue weighted by Crippen LogP contribution is -2.06. The Balaban J connectivity index is 1.12. The van der Waals surface area contributed by atoms with Gasteiger partial charge in [-0.2, -0.15) is 0 Å². The number of fused-ring (bicyclic) bond motifs is 5. The SMILES string of the molecule is C=N/C(=N\C(=N/Cc1ccc2ccccc2c1)c1ccccc1)c1cccc2oc3c(-c4cccc(Oc5ccc6ccccc6c5)c4C)cccc3c12. The van der Waals surface area contributed by atoms with E-state index in [0.29, 0.717) is 18.2 Å². The fourth-order valence-corrected chi connectivity index (χ4v) is 7.18. The maximum absolute atomic E-state index is 6.68. The number of amidine groups is 2.